The van der Waals surface area contributed by atoms with Gasteiger partial charge in [-0.3, -0.25) is 5.10 Å². The van der Waals surface area contributed by atoms with Gasteiger partial charge < -0.3 is 9.30 Å². The van der Waals surface area contributed by atoms with Gasteiger partial charge in [0.1, 0.15) is 18.2 Å². The minimum atomic E-state index is -0.287. The molecule has 0 saturated carbocycles. The SMILES string of the molecule is Cn1c(COc2ccc(F)cc2)n[nH]c1=S. The highest BCUT2D eigenvalue weighted by atomic mass is 32.1. The molecule has 0 radical (unpaired) electrons. The monoisotopic (exact) mass is 239 g/mol. The van der Waals surface area contributed by atoms with Gasteiger partial charge in [0.2, 0.25) is 0 Å². The first-order chi connectivity index (χ1) is 7.66. The highest BCUT2D eigenvalue weighted by Gasteiger charge is 2.02. The van der Waals surface area contributed by atoms with E-state index in [2.05, 4.69) is 10.2 Å². The van der Waals surface area contributed by atoms with Crippen LogP contribution in [0.1, 0.15) is 5.82 Å². The lowest BCUT2D eigenvalue weighted by molar-refractivity contribution is 0.290. The summed E-state index contributed by atoms with van der Waals surface area (Å²) in [5, 5.41) is 6.65. The molecule has 1 heterocycles. The maximum Gasteiger partial charge on any atom is 0.194 e. The van der Waals surface area contributed by atoms with Crippen molar-refractivity contribution in [3.63, 3.8) is 0 Å². The molecule has 0 spiro atoms. The topological polar surface area (TPSA) is 42.8 Å². The van der Waals surface area contributed by atoms with Crippen molar-refractivity contribution in [2.75, 3.05) is 0 Å². The Labute approximate surface area is 96.7 Å². The number of ether oxygens (including phenoxy) is 1. The van der Waals surface area contributed by atoms with Crippen LogP contribution in [-0.4, -0.2) is 14.8 Å². The van der Waals surface area contributed by atoms with E-state index in [4.69, 9.17) is 17.0 Å². The van der Waals surface area contributed by atoms with Crippen LogP contribution in [0.25, 0.3) is 0 Å². The number of nitrogens with one attached hydrogen (secondary N) is 1. The zero-order valence-electron chi connectivity index (χ0n) is 8.61. The van der Waals surface area contributed by atoms with Crippen LogP contribution in [0.3, 0.4) is 0 Å². The molecular weight excluding hydrogens is 229 g/mol. The summed E-state index contributed by atoms with van der Waals surface area (Å²) >= 11 is 4.96. The average molecular weight is 239 g/mol. The Bertz CT molecular complexity index is 532. The van der Waals surface area contributed by atoms with Gasteiger partial charge in [0.25, 0.3) is 0 Å². The molecule has 0 amide bonds. The van der Waals surface area contributed by atoms with Gasteiger partial charge in [-0.25, -0.2) is 4.39 Å². The lowest BCUT2D eigenvalue weighted by Gasteiger charge is -2.04. The Morgan fingerprint density at radius 2 is 2.12 bits per heavy atom. The zero-order chi connectivity index (χ0) is 11.5. The van der Waals surface area contributed by atoms with E-state index < -0.39 is 0 Å². The molecule has 0 bridgehead atoms. The van der Waals surface area contributed by atoms with Crippen LogP contribution in [0.2, 0.25) is 0 Å². The molecule has 0 atom stereocenters. The fourth-order valence-electron chi connectivity index (χ4n) is 1.19. The average Bonchev–Trinajstić information content (AvgIpc) is 2.60. The summed E-state index contributed by atoms with van der Waals surface area (Å²) in [5.74, 6) is 0.996. The molecule has 84 valence electrons. The molecule has 6 heteroatoms. The van der Waals surface area contributed by atoms with Gasteiger partial charge in [0.05, 0.1) is 0 Å². The Balaban J connectivity index is 2.05. The standard InChI is InChI=1S/C10H10FN3OS/c1-14-9(12-13-10(14)16)6-15-8-4-2-7(11)3-5-8/h2-5H,6H2,1H3,(H,13,16). The molecule has 0 aliphatic carbocycles. The third kappa shape index (κ3) is 2.27. The fraction of sp³-hybridized carbons (Fsp3) is 0.200. The second kappa shape index (κ2) is 4.44. The van der Waals surface area contributed by atoms with E-state index in [0.717, 1.165) is 0 Å². The lowest BCUT2D eigenvalue weighted by Crippen LogP contribution is -2.03. The summed E-state index contributed by atoms with van der Waals surface area (Å²) in [5.41, 5.74) is 0. The number of aromatic amines is 1. The Hall–Kier alpha value is -1.69. The van der Waals surface area contributed by atoms with Crippen molar-refractivity contribution in [2.24, 2.45) is 7.05 Å². The van der Waals surface area contributed by atoms with E-state index in [1.54, 1.807) is 23.7 Å². The number of aromatic nitrogens is 3. The number of nitrogens with zero attached hydrogens (tertiary/aromatic N) is 2. The molecule has 16 heavy (non-hydrogen) atoms. The van der Waals surface area contributed by atoms with E-state index in [1.165, 1.54) is 12.1 Å². The molecular formula is C10H10FN3OS. The quantitative estimate of drug-likeness (QED) is 0.835. The summed E-state index contributed by atoms with van der Waals surface area (Å²) in [4.78, 5) is 0. The third-order valence-corrected chi connectivity index (χ3v) is 2.52. The molecule has 0 saturated heterocycles. The van der Waals surface area contributed by atoms with Crippen molar-refractivity contribution < 1.29 is 9.13 Å². The van der Waals surface area contributed by atoms with Gasteiger partial charge in [-0.2, -0.15) is 5.10 Å². The zero-order valence-corrected chi connectivity index (χ0v) is 9.42. The summed E-state index contributed by atoms with van der Waals surface area (Å²) in [7, 11) is 1.80. The first kappa shape index (κ1) is 10.8. The molecule has 1 N–H and O–H groups in total. The fourth-order valence-corrected chi connectivity index (χ4v) is 1.34. The predicted molar refractivity (Wildman–Crippen MR) is 59.1 cm³/mol. The second-order valence-electron chi connectivity index (χ2n) is 3.25. The Morgan fingerprint density at radius 3 is 2.69 bits per heavy atom. The van der Waals surface area contributed by atoms with Gasteiger partial charge in [-0.05, 0) is 36.5 Å². The molecule has 2 rings (SSSR count). The number of rotatable bonds is 3. The molecule has 0 unspecified atom stereocenters. The van der Waals surface area contributed by atoms with Gasteiger partial charge in [0.15, 0.2) is 10.6 Å². The van der Waals surface area contributed by atoms with E-state index in [1.807, 2.05) is 0 Å². The van der Waals surface area contributed by atoms with Gasteiger partial charge in [0, 0.05) is 7.05 Å². The van der Waals surface area contributed by atoms with E-state index >= 15 is 0 Å². The summed E-state index contributed by atoms with van der Waals surface area (Å²) in [6, 6.07) is 5.82. The Morgan fingerprint density at radius 1 is 1.44 bits per heavy atom. The van der Waals surface area contributed by atoms with Crippen LogP contribution in [0.4, 0.5) is 4.39 Å². The first-order valence-electron chi connectivity index (χ1n) is 4.65. The normalized spacial score (nSPS) is 10.4. The van der Waals surface area contributed by atoms with Crippen LogP contribution in [0, 0.1) is 10.6 Å². The van der Waals surface area contributed by atoms with Crippen molar-refractivity contribution in [3.8, 4) is 5.75 Å². The van der Waals surface area contributed by atoms with E-state index in [0.29, 0.717) is 16.3 Å². The van der Waals surface area contributed by atoms with E-state index in [9.17, 15) is 4.39 Å². The Kier molecular flexibility index (Phi) is 3.00. The van der Waals surface area contributed by atoms with Crippen molar-refractivity contribution in [3.05, 3.63) is 40.7 Å². The van der Waals surface area contributed by atoms with Crippen LogP contribution in [-0.2, 0) is 13.7 Å². The number of halogens is 1. The maximum absolute atomic E-state index is 12.6. The van der Waals surface area contributed by atoms with Crippen molar-refractivity contribution in [1.82, 2.24) is 14.8 Å². The molecule has 1 aromatic carbocycles. The number of H-pyrrole nitrogens is 1. The first-order valence-corrected chi connectivity index (χ1v) is 5.06. The van der Waals surface area contributed by atoms with Crippen molar-refractivity contribution >= 4 is 12.2 Å². The largest absolute Gasteiger partial charge is 0.486 e. The minimum absolute atomic E-state index is 0.287. The summed E-state index contributed by atoms with van der Waals surface area (Å²) in [6.45, 7) is 0.287. The van der Waals surface area contributed by atoms with Crippen molar-refractivity contribution in [2.45, 2.75) is 6.61 Å². The number of hydrogen-bond donors (Lipinski definition) is 1. The number of benzene rings is 1. The van der Waals surface area contributed by atoms with E-state index in [-0.39, 0.29) is 12.4 Å². The van der Waals surface area contributed by atoms with Gasteiger partial charge >= 0.3 is 0 Å². The minimum Gasteiger partial charge on any atom is -0.486 e. The molecule has 0 aliphatic heterocycles. The molecule has 4 nitrogen and oxygen atoms in total. The molecule has 1 aromatic heterocycles. The molecule has 0 fully saturated rings. The van der Waals surface area contributed by atoms with Crippen LogP contribution >= 0.6 is 12.2 Å². The predicted octanol–water partition coefficient (Wildman–Crippen LogP) is 2.20. The van der Waals surface area contributed by atoms with Gasteiger partial charge in [-0.15, -0.1) is 0 Å². The highest BCUT2D eigenvalue weighted by Crippen LogP contribution is 2.12. The molecule has 0 aliphatic rings. The molecule has 2 aromatic rings. The van der Waals surface area contributed by atoms with Crippen LogP contribution in [0.5, 0.6) is 5.75 Å². The lowest BCUT2D eigenvalue weighted by atomic mass is 10.3. The van der Waals surface area contributed by atoms with Crippen LogP contribution in [0.15, 0.2) is 24.3 Å². The maximum atomic E-state index is 12.6. The number of hydrogen-bond acceptors (Lipinski definition) is 3. The smallest absolute Gasteiger partial charge is 0.194 e. The second-order valence-corrected chi connectivity index (χ2v) is 3.63. The van der Waals surface area contributed by atoms with Crippen LogP contribution < -0.4 is 4.74 Å². The third-order valence-electron chi connectivity index (χ3n) is 2.15. The highest BCUT2D eigenvalue weighted by molar-refractivity contribution is 7.71. The summed E-state index contributed by atoms with van der Waals surface area (Å²) < 4.78 is 20.3. The summed E-state index contributed by atoms with van der Waals surface area (Å²) in [6.07, 6.45) is 0. The van der Waals surface area contributed by atoms with Gasteiger partial charge in [-0.1, -0.05) is 0 Å². The van der Waals surface area contributed by atoms with Crippen molar-refractivity contribution in [1.29, 1.82) is 0 Å².